The molecule has 1 aliphatic heterocycles. The van der Waals surface area contributed by atoms with Crippen molar-refractivity contribution in [2.24, 2.45) is 13.0 Å². The summed E-state index contributed by atoms with van der Waals surface area (Å²) in [5.74, 6) is 1.33. The molecule has 3 heterocycles. The molecule has 0 bridgehead atoms. The number of furan rings is 1. The van der Waals surface area contributed by atoms with Crippen LogP contribution in [-0.4, -0.2) is 38.8 Å². The number of nitrogens with zero attached hydrogens (tertiary/aromatic N) is 3. The zero-order valence-electron chi connectivity index (χ0n) is 17.0. The van der Waals surface area contributed by atoms with Gasteiger partial charge in [-0.1, -0.05) is 31.0 Å². The smallest absolute Gasteiger partial charge is 0.248 e. The van der Waals surface area contributed by atoms with Crippen LogP contribution in [-0.2, 0) is 23.2 Å². The van der Waals surface area contributed by atoms with E-state index in [0.717, 1.165) is 29.1 Å². The molecule has 8 heteroatoms. The van der Waals surface area contributed by atoms with Crippen LogP contribution in [0.25, 0.3) is 0 Å². The van der Waals surface area contributed by atoms with Crippen LogP contribution in [0.15, 0.2) is 27.8 Å². The Balaban J connectivity index is 1.65. The van der Waals surface area contributed by atoms with Crippen molar-refractivity contribution >= 4 is 23.6 Å². The van der Waals surface area contributed by atoms with Gasteiger partial charge >= 0.3 is 0 Å². The lowest BCUT2D eigenvalue weighted by Crippen LogP contribution is -2.46. The van der Waals surface area contributed by atoms with Gasteiger partial charge in [0, 0.05) is 19.2 Å². The predicted molar refractivity (Wildman–Crippen MR) is 110 cm³/mol. The fourth-order valence-electron chi connectivity index (χ4n) is 4.46. The molecule has 0 aromatic carbocycles. The first kappa shape index (κ1) is 20.1. The molecule has 4 rings (SSSR count). The molecule has 1 unspecified atom stereocenters. The monoisotopic (exact) mass is 416 g/mol. The molecule has 1 N–H and O–H groups in total. The number of carbonyl (C=O) groups excluding carboxylic acids is 2. The Kier molecular flexibility index (Phi) is 5.99. The lowest BCUT2D eigenvalue weighted by molar-refractivity contribution is -0.140. The minimum atomic E-state index is -0.655. The summed E-state index contributed by atoms with van der Waals surface area (Å²) in [6.07, 6.45) is 7.50. The number of carbonyl (C=O) groups is 2. The Morgan fingerprint density at radius 2 is 2.14 bits per heavy atom. The van der Waals surface area contributed by atoms with E-state index in [1.807, 2.05) is 20.0 Å². The summed E-state index contributed by atoms with van der Waals surface area (Å²) in [5, 5.41) is 8.42. The third-order valence-corrected chi connectivity index (χ3v) is 7.05. The van der Waals surface area contributed by atoms with E-state index in [0.29, 0.717) is 30.5 Å². The van der Waals surface area contributed by atoms with E-state index in [4.69, 9.17) is 4.42 Å². The Hall–Kier alpha value is -2.22. The van der Waals surface area contributed by atoms with E-state index in [2.05, 4.69) is 10.4 Å². The van der Waals surface area contributed by atoms with Gasteiger partial charge in [-0.15, -0.1) is 0 Å². The molecular weight excluding hydrogens is 388 g/mol. The number of aromatic nitrogens is 2. The molecule has 2 aliphatic rings. The molecule has 1 saturated carbocycles. The van der Waals surface area contributed by atoms with Crippen molar-refractivity contribution in [1.29, 1.82) is 0 Å². The van der Waals surface area contributed by atoms with Crippen LogP contribution < -0.4 is 5.32 Å². The van der Waals surface area contributed by atoms with Crippen molar-refractivity contribution in [3.8, 4) is 0 Å². The Labute approximate surface area is 175 Å². The summed E-state index contributed by atoms with van der Waals surface area (Å²) in [4.78, 5) is 28.3. The number of thioether (sulfide) groups is 1. The molecular formula is C21H28N4O3S. The summed E-state index contributed by atoms with van der Waals surface area (Å²) >= 11 is 1.48. The van der Waals surface area contributed by atoms with Crippen LogP contribution in [0.2, 0.25) is 0 Å². The molecule has 1 atom stereocenters. The third-order valence-electron chi connectivity index (χ3n) is 5.90. The average Bonchev–Trinajstić information content (AvgIpc) is 3.29. The molecule has 156 valence electrons. The number of rotatable bonds is 5. The minimum Gasteiger partial charge on any atom is -0.467 e. The van der Waals surface area contributed by atoms with Crippen molar-refractivity contribution in [1.82, 2.24) is 20.0 Å². The third kappa shape index (κ3) is 4.22. The Bertz CT molecular complexity index is 871. The van der Waals surface area contributed by atoms with Crippen molar-refractivity contribution in [2.75, 3.05) is 12.3 Å². The van der Waals surface area contributed by atoms with Crippen LogP contribution in [0.4, 0.5) is 0 Å². The minimum absolute atomic E-state index is 0.0225. The maximum absolute atomic E-state index is 13.4. The lowest BCUT2D eigenvalue weighted by Gasteiger charge is -2.34. The van der Waals surface area contributed by atoms with Gasteiger partial charge in [-0.3, -0.25) is 14.3 Å². The fourth-order valence-corrected chi connectivity index (χ4v) is 5.53. The molecule has 1 fully saturated rings. The lowest BCUT2D eigenvalue weighted by atomic mass is 9.88. The zero-order chi connectivity index (χ0) is 20.4. The summed E-state index contributed by atoms with van der Waals surface area (Å²) in [6, 6.07) is 2.97. The number of nitrogens with one attached hydrogen (secondary N) is 1. The highest BCUT2D eigenvalue weighted by Gasteiger charge is 2.39. The van der Waals surface area contributed by atoms with Crippen LogP contribution in [0.5, 0.6) is 0 Å². The van der Waals surface area contributed by atoms with E-state index in [-0.39, 0.29) is 11.8 Å². The van der Waals surface area contributed by atoms with Gasteiger partial charge in [-0.2, -0.15) is 5.10 Å². The maximum Gasteiger partial charge on any atom is 0.248 e. The fraction of sp³-hybridized carbons (Fsp3) is 0.571. The number of hydrogen-bond acceptors (Lipinski definition) is 5. The predicted octanol–water partition coefficient (Wildman–Crippen LogP) is 3.19. The Morgan fingerprint density at radius 3 is 2.86 bits per heavy atom. The first-order valence-electron chi connectivity index (χ1n) is 10.3. The Morgan fingerprint density at radius 1 is 1.34 bits per heavy atom. The van der Waals surface area contributed by atoms with Crippen LogP contribution in [0, 0.1) is 12.8 Å². The van der Waals surface area contributed by atoms with Gasteiger partial charge < -0.3 is 14.6 Å². The van der Waals surface area contributed by atoms with E-state index < -0.39 is 6.04 Å². The molecule has 2 aromatic rings. The number of fused-ring (bicyclic) bond motifs is 1. The first-order chi connectivity index (χ1) is 14.0. The molecule has 0 saturated heterocycles. The second kappa shape index (κ2) is 8.65. The first-order valence-corrected chi connectivity index (χ1v) is 11.3. The van der Waals surface area contributed by atoms with E-state index >= 15 is 0 Å². The van der Waals surface area contributed by atoms with E-state index in [1.54, 1.807) is 21.9 Å². The van der Waals surface area contributed by atoms with Gasteiger partial charge in [0.1, 0.15) is 16.8 Å². The van der Waals surface area contributed by atoms with Crippen molar-refractivity contribution in [3.05, 3.63) is 35.4 Å². The maximum atomic E-state index is 13.4. The van der Waals surface area contributed by atoms with Crippen LogP contribution in [0.1, 0.15) is 55.2 Å². The topological polar surface area (TPSA) is 80.4 Å². The van der Waals surface area contributed by atoms with Crippen LogP contribution in [0.3, 0.4) is 0 Å². The van der Waals surface area contributed by atoms with Gasteiger partial charge in [0.25, 0.3) is 0 Å². The highest BCUT2D eigenvalue weighted by Crippen LogP contribution is 2.38. The molecule has 0 radical (unpaired) electrons. The van der Waals surface area contributed by atoms with Gasteiger partial charge in [-0.25, -0.2) is 0 Å². The molecule has 7 nitrogen and oxygen atoms in total. The second-order valence-electron chi connectivity index (χ2n) is 7.97. The summed E-state index contributed by atoms with van der Waals surface area (Å²) in [7, 11) is 1.87. The van der Waals surface area contributed by atoms with Crippen molar-refractivity contribution < 1.29 is 14.0 Å². The average molecular weight is 417 g/mol. The highest BCUT2D eigenvalue weighted by molar-refractivity contribution is 8.00. The number of aryl methyl sites for hydroxylation is 2. The zero-order valence-corrected chi connectivity index (χ0v) is 17.8. The molecule has 0 spiro atoms. The largest absolute Gasteiger partial charge is 0.467 e. The normalized spacial score (nSPS) is 20.4. The standard InChI is InChI=1S/C21H28N4O3S/c1-14-18-19(20(27)22-11-16-9-6-10-28-16)25(12-15-7-4-3-5-8-15)17(26)13-29-21(18)24(2)23-14/h6,9-10,15,19H,3-5,7-8,11-13H2,1-2H3,(H,22,27). The number of amides is 2. The quantitative estimate of drug-likeness (QED) is 0.810. The van der Waals surface area contributed by atoms with Gasteiger partial charge in [0.15, 0.2) is 0 Å². The molecule has 2 amide bonds. The second-order valence-corrected chi connectivity index (χ2v) is 8.93. The summed E-state index contributed by atoms with van der Waals surface area (Å²) in [6.45, 7) is 2.85. The summed E-state index contributed by atoms with van der Waals surface area (Å²) < 4.78 is 7.14. The molecule has 1 aliphatic carbocycles. The van der Waals surface area contributed by atoms with E-state index in [1.165, 1.54) is 31.0 Å². The van der Waals surface area contributed by atoms with Gasteiger partial charge in [0.2, 0.25) is 11.8 Å². The molecule has 2 aromatic heterocycles. The van der Waals surface area contributed by atoms with Crippen molar-refractivity contribution in [2.45, 2.75) is 56.6 Å². The van der Waals surface area contributed by atoms with Gasteiger partial charge in [-0.05, 0) is 37.8 Å². The van der Waals surface area contributed by atoms with Crippen molar-refractivity contribution in [3.63, 3.8) is 0 Å². The van der Waals surface area contributed by atoms with E-state index in [9.17, 15) is 9.59 Å². The van der Waals surface area contributed by atoms with Crippen LogP contribution >= 0.6 is 11.8 Å². The highest BCUT2D eigenvalue weighted by atomic mass is 32.2. The molecule has 29 heavy (non-hydrogen) atoms. The van der Waals surface area contributed by atoms with Gasteiger partial charge in [0.05, 0.1) is 24.3 Å². The number of hydrogen-bond donors (Lipinski definition) is 1. The SMILES string of the molecule is Cc1nn(C)c2c1C(C(=O)NCc1ccco1)N(CC1CCCCC1)C(=O)CS2. The summed E-state index contributed by atoms with van der Waals surface area (Å²) in [5.41, 5.74) is 1.66.